The highest BCUT2D eigenvalue weighted by Crippen LogP contribution is 2.39. The van der Waals surface area contributed by atoms with Gasteiger partial charge < -0.3 is 9.30 Å². The van der Waals surface area contributed by atoms with Gasteiger partial charge in [0.1, 0.15) is 5.82 Å². The third kappa shape index (κ3) is 4.00. The number of aromatic nitrogens is 2. The molecular weight excluding hydrogens is 416 g/mol. The van der Waals surface area contributed by atoms with Crippen LogP contribution in [0.5, 0.6) is 5.75 Å². The maximum absolute atomic E-state index is 13.2. The topological polar surface area (TPSA) is 44.1 Å². The van der Waals surface area contributed by atoms with Crippen LogP contribution in [0.15, 0.2) is 53.5 Å². The van der Waals surface area contributed by atoms with Gasteiger partial charge in [-0.3, -0.25) is 4.79 Å². The van der Waals surface area contributed by atoms with Gasteiger partial charge in [-0.05, 0) is 23.8 Å². The predicted molar refractivity (Wildman–Crippen MR) is 101 cm³/mol. The summed E-state index contributed by atoms with van der Waals surface area (Å²) in [5.74, 6) is -0.0827. The Bertz CT molecular complexity index is 1080. The van der Waals surface area contributed by atoms with Crippen LogP contribution in [0.2, 0.25) is 10.0 Å². The smallest absolute Gasteiger partial charge is 0.417 e. The molecule has 3 aromatic rings. The summed E-state index contributed by atoms with van der Waals surface area (Å²) in [6.45, 7) is 0.144. The standard InChI is InChI=1S/C19H13Cl2F3N2O2/c1-28-15-10-26(9-11-5-2-3-8-14(11)20)17(25-18(15)27)12-6-4-7-13(16(12)21)19(22,23)24/h2-8,10H,9H2,1H3. The highest BCUT2D eigenvalue weighted by atomic mass is 35.5. The molecule has 0 spiro atoms. The van der Waals surface area contributed by atoms with Crippen LogP contribution in [-0.2, 0) is 12.7 Å². The molecule has 2 aromatic carbocycles. The lowest BCUT2D eigenvalue weighted by Gasteiger charge is -2.17. The van der Waals surface area contributed by atoms with Crippen LogP contribution in [0, 0.1) is 0 Å². The number of hydrogen-bond acceptors (Lipinski definition) is 3. The largest absolute Gasteiger partial charge is 0.490 e. The van der Waals surface area contributed by atoms with E-state index in [0.717, 1.165) is 6.07 Å². The molecule has 3 rings (SSSR count). The minimum absolute atomic E-state index is 0.0247. The van der Waals surface area contributed by atoms with Gasteiger partial charge in [-0.25, -0.2) is 0 Å². The number of nitrogens with zero attached hydrogens (tertiary/aromatic N) is 2. The van der Waals surface area contributed by atoms with Crippen molar-refractivity contribution in [2.75, 3.05) is 7.11 Å². The first-order valence-electron chi connectivity index (χ1n) is 7.97. The third-order valence-electron chi connectivity index (χ3n) is 4.03. The summed E-state index contributed by atoms with van der Waals surface area (Å²) in [6, 6.07) is 10.4. The Labute approximate surface area is 168 Å². The van der Waals surface area contributed by atoms with Crippen LogP contribution in [0.3, 0.4) is 0 Å². The van der Waals surface area contributed by atoms with Crippen LogP contribution in [0.4, 0.5) is 13.2 Å². The van der Waals surface area contributed by atoms with E-state index in [1.165, 1.54) is 30.0 Å². The van der Waals surface area contributed by atoms with E-state index in [4.69, 9.17) is 27.9 Å². The number of methoxy groups -OCH3 is 1. The minimum atomic E-state index is -4.65. The molecule has 0 aliphatic heterocycles. The zero-order valence-electron chi connectivity index (χ0n) is 14.4. The molecule has 0 aliphatic carbocycles. The van der Waals surface area contributed by atoms with Crippen molar-refractivity contribution in [2.24, 2.45) is 0 Å². The van der Waals surface area contributed by atoms with Gasteiger partial charge in [0.25, 0.3) is 0 Å². The third-order valence-corrected chi connectivity index (χ3v) is 4.80. The second kappa shape index (κ2) is 7.85. The summed E-state index contributed by atoms with van der Waals surface area (Å²) in [5, 5.41) is -0.0822. The van der Waals surface area contributed by atoms with Crippen molar-refractivity contribution >= 4 is 23.2 Å². The number of rotatable bonds is 4. The molecule has 0 atom stereocenters. The van der Waals surface area contributed by atoms with E-state index in [2.05, 4.69) is 4.98 Å². The molecule has 0 amide bonds. The van der Waals surface area contributed by atoms with Crippen LogP contribution < -0.4 is 10.3 Å². The van der Waals surface area contributed by atoms with Crippen LogP contribution in [0.1, 0.15) is 11.1 Å². The summed E-state index contributed by atoms with van der Waals surface area (Å²) in [5.41, 5.74) is -1.08. The zero-order chi connectivity index (χ0) is 20.5. The average molecular weight is 429 g/mol. The van der Waals surface area contributed by atoms with Crippen LogP contribution in [0.25, 0.3) is 11.4 Å². The fourth-order valence-corrected chi connectivity index (χ4v) is 3.20. The fourth-order valence-electron chi connectivity index (χ4n) is 2.68. The molecular formula is C19H13Cl2F3N2O2. The molecule has 146 valence electrons. The molecule has 1 heterocycles. The first-order chi connectivity index (χ1) is 13.2. The molecule has 0 radical (unpaired) electrons. The lowest BCUT2D eigenvalue weighted by Crippen LogP contribution is -2.18. The summed E-state index contributed by atoms with van der Waals surface area (Å²) in [4.78, 5) is 16.1. The second-order valence-electron chi connectivity index (χ2n) is 5.82. The summed E-state index contributed by atoms with van der Waals surface area (Å²) in [7, 11) is 1.30. The monoisotopic (exact) mass is 428 g/mol. The maximum Gasteiger partial charge on any atom is 0.417 e. The first-order valence-corrected chi connectivity index (χ1v) is 8.73. The highest BCUT2D eigenvalue weighted by Gasteiger charge is 2.34. The van der Waals surface area contributed by atoms with Crippen molar-refractivity contribution in [1.82, 2.24) is 9.55 Å². The highest BCUT2D eigenvalue weighted by molar-refractivity contribution is 6.34. The van der Waals surface area contributed by atoms with Crippen molar-refractivity contribution in [3.63, 3.8) is 0 Å². The van der Waals surface area contributed by atoms with E-state index in [-0.39, 0.29) is 23.7 Å². The summed E-state index contributed by atoms with van der Waals surface area (Å²) in [6.07, 6.45) is -3.28. The van der Waals surface area contributed by atoms with Gasteiger partial charge >= 0.3 is 11.7 Å². The zero-order valence-corrected chi connectivity index (χ0v) is 15.9. The van der Waals surface area contributed by atoms with Crippen LogP contribution in [-0.4, -0.2) is 16.7 Å². The van der Waals surface area contributed by atoms with Gasteiger partial charge in [0.05, 0.1) is 30.4 Å². The van der Waals surface area contributed by atoms with Crippen molar-refractivity contribution in [1.29, 1.82) is 0 Å². The van der Waals surface area contributed by atoms with E-state index < -0.39 is 22.3 Å². The normalized spacial score (nSPS) is 11.5. The summed E-state index contributed by atoms with van der Waals surface area (Å²) < 4.78 is 46.2. The van der Waals surface area contributed by atoms with E-state index in [1.807, 2.05) is 0 Å². The molecule has 28 heavy (non-hydrogen) atoms. The molecule has 0 aliphatic rings. The molecule has 0 saturated heterocycles. The van der Waals surface area contributed by atoms with Crippen molar-refractivity contribution < 1.29 is 17.9 Å². The SMILES string of the molecule is COc1cn(Cc2ccccc2Cl)c(-c2cccc(C(F)(F)F)c2Cl)nc1=O. The van der Waals surface area contributed by atoms with Crippen molar-refractivity contribution in [2.45, 2.75) is 12.7 Å². The second-order valence-corrected chi connectivity index (χ2v) is 6.61. The van der Waals surface area contributed by atoms with Gasteiger partial charge in [-0.1, -0.05) is 47.5 Å². The molecule has 9 heteroatoms. The fraction of sp³-hybridized carbons (Fsp3) is 0.158. The Morgan fingerprint density at radius 1 is 1.11 bits per heavy atom. The molecule has 0 bridgehead atoms. The number of halogens is 5. The Morgan fingerprint density at radius 2 is 1.82 bits per heavy atom. The molecule has 0 fully saturated rings. The number of benzene rings is 2. The van der Waals surface area contributed by atoms with E-state index in [1.54, 1.807) is 24.3 Å². The molecule has 0 unspecified atom stereocenters. The molecule has 1 aromatic heterocycles. The first kappa shape index (κ1) is 20.2. The maximum atomic E-state index is 13.2. The predicted octanol–water partition coefficient (Wildman–Crippen LogP) is 5.29. The average Bonchev–Trinajstić information content (AvgIpc) is 2.64. The molecule has 0 saturated carbocycles. The van der Waals surface area contributed by atoms with Gasteiger partial charge in [-0.2, -0.15) is 18.2 Å². The Kier molecular flexibility index (Phi) is 5.67. The number of alkyl halides is 3. The van der Waals surface area contributed by atoms with E-state index >= 15 is 0 Å². The van der Waals surface area contributed by atoms with Crippen molar-refractivity contribution in [3.05, 3.63) is 80.2 Å². The van der Waals surface area contributed by atoms with Gasteiger partial charge in [0.15, 0.2) is 0 Å². The lowest BCUT2D eigenvalue weighted by atomic mass is 10.1. The summed E-state index contributed by atoms with van der Waals surface area (Å²) >= 11 is 12.2. The van der Waals surface area contributed by atoms with Crippen molar-refractivity contribution in [3.8, 4) is 17.1 Å². The molecule has 0 N–H and O–H groups in total. The minimum Gasteiger partial charge on any atom is -0.490 e. The van der Waals surface area contributed by atoms with E-state index in [0.29, 0.717) is 10.6 Å². The van der Waals surface area contributed by atoms with Crippen LogP contribution >= 0.6 is 23.2 Å². The quantitative estimate of drug-likeness (QED) is 0.566. The Hall–Kier alpha value is -2.51. The van der Waals surface area contributed by atoms with E-state index in [9.17, 15) is 18.0 Å². The molecule has 4 nitrogen and oxygen atoms in total. The lowest BCUT2D eigenvalue weighted by molar-refractivity contribution is -0.137. The Morgan fingerprint density at radius 3 is 2.46 bits per heavy atom. The van der Waals surface area contributed by atoms with Gasteiger partial charge in [-0.15, -0.1) is 0 Å². The Balaban J connectivity index is 2.23. The number of hydrogen-bond donors (Lipinski definition) is 0. The van der Waals surface area contributed by atoms with Gasteiger partial charge in [0.2, 0.25) is 5.75 Å². The number of ether oxygens (including phenoxy) is 1. The van der Waals surface area contributed by atoms with Gasteiger partial charge in [0, 0.05) is 10.6 Å².